The van der Waals surface area contributed by atoms with Gasteiger partial charge in [-0.2, -0.15) is 0 Å². The maximum absolute atomic E-state index is 13.7. The molecule has 1 rings (SSSR count). The van der Waals surface area contributed by atoms with Crippen LogP contribution < -0.4 is 16.0 Å². The molecule has 0 fully saturated rings. The van der Waals surface area contributed by atoms with Gasteiger partial charge in [-0.15, -0.1) is 0 Å². The molecule has 0 bridgehead atoms. The highest BCUT2D eigenvalue weighted by molar-refractivity contribution is 8.13. The molecule has 2 unspecified atom stereocenters. The number of nitrogens with one attached hydrogen (secondary N) is 3. The monoisotopic (exact) mass is 622 g/mol. The lowest BCUT2D eigenvalue weighted by Gasteiger charge is -2.30. The molecule has 2 atom stereocenters. The van der Waals surface area contributed by atoms with E-state index in [0.717, 1.165) is 18.4 Å². The first-order chi connectivity index (χ1) is 20.6. The average Bonchev–Trinajstić information content (AvgIpc) is 2.99. The van der Waals surface area contributed by atoms with E-state index in [1.165, 1.54) is 16.7 Å². The summed E-state index contributed by atoms with van der Waals surface area (Å²) in [5.41, 5.74) is -0.0185. The van der Waals surface area contributed by atoms with Gasteiger partial charge in [0.05, 0.1) is 31.3 Å². The Kier molecular flexibility index (Phi) is 19.4. The Bertz CT molecular complexity index is 994. The highest BCUT2D eigenvalue weighted by Gasteiger charge is 2.32. The summed E-state index contributed by atoms with van der Waals surface area (Å²) in [7, 11) is 3.24. The SMILES string of the molecule is CCCN(CC(=O)NC(C=O)CCCCCSC(=O)COCCOC)C(=O)C(Cc1ccccc1)NC(=O)C(C)(C)NC. The number of aldehydes is 1. The van der Waals surface area contributed by atoms with Gasteiger partial charge < -0.3 is 35.1 Å². The van der Waals surface area contributed by atoms with Crippen LogP contribution in [0.4, 0.5) is 0 Å². The van der Waals surface area contributed by atoms with E-state index in [1.807, 2.05) is 37.3 Å². The highest BCUT2D eigenvalue weighted by atomic mass is 32.2. The summed E-state index contributed by atoms with van der Waals surface area (Å²) in [4.78, 5) is 64.5. The van der Waals surface area contributed by atoms with Gasteiger partial charge in [0.25, 0.3) is 0 Å². The molecule has 3 amide bonds. The van der Waals surface area contributed by atoms with Crippen molar-refractivity contribution in [3.63, 3.8) is 0 Å². The smallest absolute Gasteiger partial charge is 0.245 e. The Balaban J connectivity index is 2.67. The van der Waals surface area contributed by atoms with Crippen LogP contribution in [0.3, 0.4) is 0 Å². The van der Waals surface area contributed by atoms with Crippen molar-refractivity contribution in [1.82, 2.24) is 20.9 Å². The van der Waals surface area contributed by atoms with Gasteiger partial charge in [-0.1, -0.05) is 61.9 Å². The van der Waals surface area contributed by atoms with Crippen LogP contribution in [0.25, 0.3) is 0 Å². The first-order valence-electron chi connectivity index (χ1n) is 14.9. The third-order valence-electron chi connectivity index (χ3n) is 6.80. The molecule has 3 N–H and O–H groups in total. The van der Waals surface area contributed by atoms with Crippen LogP contribution in [0.1, 0.15) is 58.4 Å². The summed E-state index contributed by atoms with van der Waals surface area (Å²) in [5.74, 6) is -0.469. The van der Waals surface area contributed by atoms with Gasteiger partial charge in [-0.05, 0) is 45.7 Å². The fourth-order valence-electron chi connectivity index (χ4n) is 4.03. The summed E-state index contributed by atoms with van der Waals surface area (Å²) in [5, 5.41) is 8.52. The molecule has 11 nitrogen and oxygen atoms in total. The highest BCUT2D eigenvalue weighted by Crippen LogP contribution is 2.12. The lowest BCUT2D eigenvalue weighted by molar-refractivity contribution is -0.140. The molecular formula is C31H50N4O7S. The molecular weight excluding hydrogens is 572 g/mol. The second-order valence-corrected chi connectivity index (χ2v) is 11.9. The number of methoxy groups -OCH3 is 1. The van der Waals surface area contributed by atoms with Gasteiger partial charge in [0, 0.05) is 25.8 Å². The fourth-order valence-corrected chi connectivity index (χ4v) is 4.77. The Morgan fingerprint density at radius 1 is 1.05 bits per heavy atom. The van der Waals surface area contributed by atoms with Crippen molar-refractivity contribution in [3.8, 4) is 0 Å². The number of thioether (sulfide) groups is 1. The maximum Gasteiger partial charge on any atom is 0.245 e. The zero-order valence-electron chi connectivity index (χ0n) is 26.3. The van der Waals surface area contributed by atoms with E-state index in [4.69, 9.17) is 9.47 Å². The van der Waals surface area contributed by atoms with Gasteiger partial charge in [0.15, 0.2) is 0 Å². The van der Waals surface area contributed by atoms with Crippen LogP contribution in [0.15, 0.2) is 30.3 Å². The van der Waals surface area contributed by atoms with Crippen molar-refractivity contribution in [1.29, 1.82) is 0 Å². The Morgan fingerprint density at radius 3 is 2.40 bits per heavy atom. The Labute approximate surface area is 260 Å². The topological polar surface area (TPSA) is 143 Å². The Morgan fingerprint density at radius 2 is 1.77 bits per heavy atom. The summed E-state index contributed by atoms with van der Waals surface area (Å²) < 4.78 is 10.1. The zero-order chi connectivity index (χ0) is 32.1. The predicted octanol–water partition coefficient (Wildman–Crippen LogP) is 2.12. The lowest BCUT2D eigenvalue weighted by atomic mass is 10.0. The third-order valence-corrected chi connectivity index (χ3v) is 7.74. The second-order valence-electron chi connectivity index (χ2n) is 10.8. The van der Waals surface area contributed by atoms with Crippen LogP contribution in [-0.4, -0.2) is 104 Å². The minimum Gasteiger partial charge on any atom is -0.382 e. The molecule has 0 radical (unpaired) electrons. The van der Waals surface area contributed by atoms with Crippen molar-refractivity contribution in [3.05, 3.63) is 35.9 Å². The molecule has 43 heavy (non-hydrogen) atoms. The number of rotatable bonds is 23. The van der Waals surface area contributed by atoms with Gasteiger partial charge in [-0.25, -0.2) is 0 Å². The molecule has 0 saturated heterocycles. The molecule has 12 heteroatoms. The molecule has 0 saturated carbocycles. The standard InChI is InChI=1S/C31H50N4O7S/c1-6-16-35(29(39)26(20-24-13-9-7-10-14-24)34-30(40)31(2,3)32-4)21-27(37)33-25(22-36)15-11-8-12-19-43-28(38)23-42-18-17-41-5/h7,9-10,13-14,22,25-26,32H,6,8,11-12,15-21,23H2,1-5H3,(H,33,37)(H,34,40). The summed E-state index contributed by atoms with van der Waals surface area (Å²) in [6.45, 7) is 6.33. The minimum absolute atomic E-state index is 0.0309. The number of hydrogen-bond acceptors (Lipinski definition) is 9. The zero-order valence-corrected chi connectivity index (χ0v) is 27.1. The van der Waals surface area contributed by atoms with Crippen molar-refractivity contribution < 1.29 is 33.4 Å². The number of unbranched alkanes of at least 4 members (excludes halogenated alkanes) is 2. The first kappa shape index (κ1) is 38.2. The minimum atomic E-state index is -0.897. The number of hydrogen-bond donors (Lipinski definition) is 3. The van der Waals surface area contributed by atoms with Crippen molar-refractivity contribution >= 4 is 40.9 Å². The van der Waals surface area contributed by atoms with E-state index in [-0.39, 0.29) is 36.5 Å². The van der Waals surface area contributed by atoms with E-state index >= 15 is 0 Å². The van der Waals surface area contributed by atoms with Crippen LogP contribution in [0, 0.1) is 0 Å². The van der Waals surface area contributed by atoms with E-state index in [1.54, 1.807) is 28.0 Å². The first-order valence-corrected chi connectivity index (χ1v) is 15.9. The molecule has 0 spiro atoms. The van der Waals surface area contributed by atoms with E-state index in [2.05, 4.69) is 16.0 Å². The normalized spacial score (nSPS) is 12.7. The summed E-state index contributed by atoms with van der Waals surface area (Å²) >= 11 is 1.22. The van der Waals surface area contributed by atoms with Crippen LogP contribution in [0.5, 0.6) is 0 Å². The molecule has 1 aromatic carbocycles. The molecule has 0 aliphatic carbocycles. The van der Waals surface area contributed by atoms with Crippen molar-refractivity contribution in [2.45, 2.75) is 76.9 Å². The maximum atomic E-state index is 13.7. The Hall–Kier alpha value is -2.80. The summed E-state index contributed by atoms with van der Waals surface area (Å²) in [6, 6.07) is 7.84. The number of benzene rings is 1. The molecule has 242 valence electrons. The molecule has 0 aromatic heterocycles. The number of ether oxygens (including phenoxy) is 2. The number of likely N-dealkylation sites (N-methyl/N-ethyl adjacent to an activating group) is 1. The molecule has 0 heterocycles. The second kappa shape index (κ2) is 21.8. The lowest BCUT2D eigenvalue weighted by Crippen LogP contribution is -2.58. The molecule has 0 aliphatic heterocycles. The van der Waals surface area contributed by atoms with Crippen LogP contribution in [0.2, 0.25) is 0 Å². The molecule has 0 aliphatic rings. The van der Waals surface area contributed by atoms with Gasteiger partial charge in [0.2, 0.25) is 22.8 Å². The van der Waals surface area contributed by atoms with E-state index in [0.29, 0.717) is 51.1 Å². The quantitative estimate of drug-likeness (QED) is 0.124. The number of nitrogens with zero attached hydrogens (tertiary/aromatic N) is 1. The fraction of sp³-hybridized carbons (Fsp3) is 0.645. The van der Waals surface area contributed by atoms with E-state index in [9.17, 15) is 24.0 Å². The number of carbonyl (C=O) groups excluding carboxylic acids is 5. The number of amides is 3. The van der Waals surface area contributed by atoms with Crippen LogP contribution in [-0.2, 0) is 39.9 Å². The van der Waals surface area contributed by atoms with Gasteiger partial charge in [0.1, 0.15) is 18.9 Å². The average molecular weight is 623 g/mol. The summed E-state index contributed by atoms with van der Waals surface area (Å²) in [6.07, 6.45) is 4.35. The molecule has 1 aromatic rings. The van der Waals surface area contributed by atoms with Gasteiger partial charge in [-0.3, -0.25) is 19.2 Å². The largest absolute Gasteiger partial charge is 0.382 e. The predicted molar refractivity (Wildman–Crippen MR) is 169 cm³/mol. The third kappa shape index (κ3) is 16.0. The van der Waals surface area contributed by atoms with Gasteiger partial charge >= 0.3 is 0 Å². The van der Waals surface area contributed by atoms with Crippen LogP contribution >= 0.6 is 11.8 Å². The number of carbonyl (C=O) groups is 5. The van der Waals surface area contributed by atoms with Crippen molar-refractivity contribution in [2.24, 2.45) is 0 Å². The van der Waals surface area contributed by atoms with Crippen molar-refractivity contribution in [2.75, 3.05) is 52.8 Å². The van der Waals surface area contributed by atoms with E-state index < -0.39 is 23.5 Å².